The van der Waals surface area contributed by atoms with Gasteiger partial charge in [0, 0.05) is 16.0 Å². The SMILES string of the molecule is O=C(O)N1CC=CCCC1c1cc(Cl)ccc1Br. The Hall–Kier alpha value is -1.000. The van der Waals surface area contributed by atoms with E-state index in [1.807, 2.05) is 24.3 Å². The largest absolute Gasteiger partial charge is 0.465 e. The Morgan fingerprint density at radius 2 is 2.22 bits per heavy atom. The first-order valence-corrected chi connectivity index (χ1v) is 6.86. The first-order valence-electron chi connectivity index (χ1n) is 5.69. The topological polar surface area (TPSA) is 40.5 Å². The summed E-state index contributed by atoms with van der Waals surface area (Å²) in [4.78, 5) is 12.8. The van der Waals surface area contributed by atoms with Crippen molar-refractivity contribution in [1.82, 2.24) is 4.90 Å². The Bertz CT molecular complexity index is 490. The first kappa shape index (κ1) is 13.4. The lowest BCUT2D eigenvalue weighted by molar-refractivity contribution is 0.129. The maximum absolute atomic E-state index is 11.3. The molecule has 1 aliphatic heterocycles. The molecule has 1 N–H and O–H groups in total. The summed E-state index contributed by atoms with van der Waals surface area (Å²) in [5.41, 5.74) is 0.925. The van der Waals surface area contributed by atoms with Crippen LogP contribution in [0.15, 0.2) is 34.8 Å². The number of carbonyl (C=O) groups is 1. The van der Waals surface area contributed by atoms with Gasteiger partial charge in [0.05, 0.1) is 6.04 Å². The van der Waals surface area contributed by atoms with Gasteiger partial charge < -0.3 is 5.11 Å². The zero-order valence-corrected chi connectivity index (χ0v) is 12.0. The fourth-order valence-corrected chi connectivity index (χ4v) is 2.84. The maximum Gasteiger partial charge on any atom is 0.408 e. The summed E-state index contributed by atoms with van der Waals surface area (Å²) >= 11 is 9.47. The van der Waals surface area contributed by atoms with Crippen molar-refractivity contribution in [3.8, 4) is 0 Å². The van der Waals surface area contributed by atoms with Crippen LogP contribution in [0.4, 0.5) is 4.79 Å². The Morgan fingerprint density at radius 3 is 2.94 bits per heavy atom. The van der Waals surface area contributed by atoms with Gasteiger partial charge in [-0.1, -0.05) is 39.7 Å². The molecule has 0 spiro atoms. The lowest BCUT2D eigenvalue weighted by Gasteiger charge is -2.28. The minimum absolute atomic E-state index is 0.162. The van der Waals surface area contributed by atoms with E-state index in [4.69, 9.17) is 11.6 Å². The normalized spacial score (nSPS) is 19.7. The Kier molecular flexibility index (Phi) is 4.30. The zero-order valence-electron chi connectivity index (χ0n) is 9.64. The van der Waals surface area contributed by atoms with Crippen LogP contribution in [0.5, 0.6) is 0 Å². The Balaban J connectivity index is 2.39. The summed E-state index contributed by atoms with van der Waals surface area (Å²) < 4.78 is 0.894. The summed E-state index contributed by atoms with van der Waals surface area (Å²) in [7, 11) is 0. The average molecular weight is 331 g/mol. The molecule has 96 valence electrons. The van der Waals surface area contributed by atoms with Crippen LogP contribution >= 0.6 is 27.5 Å². The molecule has 1 aromatic carbocycles. The fourth-order valence-electron chi connectivity index (χ4n) is 2.15. The second-order valence-electron chi connectivity index (χ2n) is 4.17. The van der Waals surface area contributed by atoms with Gasteiger partial charge in [-0.3, -0.25) is 4.90 Å². The minimum Gasteiger partial charge on any atom is -0.465 e. The predicted molar refractivity (Wildman–Crippen MR) is 75.0 cm³/mol. The first-order chi connectivity index (χ1) is 8.59. The number of rotatable bonds is 1. The van der Waals surface area contributed by atoms with Gasteiger partial charge in [0.15, 0.2) is 0 Å². The number of carboxylic acid groups (broad SMARTS) is 1. The monoisotopic (exact) mass is 329 g/mol. The average Bonchev–Trinajstić information content (AvgIpc) is 2.57. The van der Waals surface area contributed by atoms with E-state index in [-0.39, 0.29) is 6.04 Å². The number of benzene rings is 1. The minimum atomic E-state index is -0.904. The highest BCUT2D eigenvalue weighted by atomic mass is 79.9. The van der Waals surface area contributed by atoms with E-state index >= 15 is 0 Å². The van der Waals surface area contributed by atoms with Crippen molar-refractivity contribution in [2.75, 3.05) is 6.54 Å². The van der Waals surface area contributed by atoms with Crippen LogP contribution in [0.2, 0.25) is 5.02 Å². The van der Waals surface area contributed by atoms with E-state index in [0.29, 0.717) is 11.6 Å². The zero-order chi connectivity index (χ0) is 13.1. The van der Waals surface area contributed by atoms with E-state index in [0.717, 1.165) is 22.9 Å². The van der Waals surface area contributed by atoms with Crippen LogP contribution < -0.4 is 0 Å². The number of hydrogen-bond acceptors (Lipinski definition) is 1. The molecule has 2 rings (SSSR count). The number of allylic oxidation sites excluding steroid dienone is 1. The van der Waals surface area contributed by atoms with Crippen LogP contribution in [0, 0.1) is 0 Å². The molecule has 1 amide bonds. The number of amides is 1. The Morgan fingerprint density at radius 1 is 1.44 bits per heavy atom. The van der Waals surface area contributed by atoms with Crippen LogP contribution in [0.3, 0.4) is 0 Å². The molecule has 1 heterocycles. The molecule has 5 heteroatoms. The summed E-state index contributed by atoms with van der Waals surface area (Å²) in [6.07, 6.45) is 4.65. The Labute approximate surface area is 119 Å². The van der Waals surface area contributed by atoms with Crippen LogP contribution in [-0.4, -0.2) is 22.6 Å². The maximum atomic E-state index is 11.3. The molecule has 3 nitrogen and oxygen atoms in total. The van der Waals surface area contributed by atoms with Gasteiger partial charge in [-0.2, -0.15) is 0 Å². The third kappa shape index (κ3) is 2.87. The summed E-state index contributed by atoms with van der Waals surface area (Å²) in [5.74, 6) is 0. The third-order valence-corrected chi connectivity index (χ3v) is 3.97. The van der Waals surface area contributed by atoms with Crippen molar-refractivity contribution in [2.45, 2.75) is 18.9 Å². The van der Waals surface area contributed by atoms with Crippen molar-refractivity contribution in [2.24, 2.45) is 0 Å². The van der Waals surface area contributed by atoms with Gasteiger partial charge in [-0.25, -0.2) is 4.79 Å². The molecule has 1 aliphatic rings. The highest BCUT2D eigenvalue weighted by molar-refractivity contribution is 9.10. The van der Waals surface area contributed by atoms with Crippen LogP contribution in [-0.2, 0) is 0 Å². The standard InChI is InChI=1S/C13H13BrClNO2/c14-11-6-5-9(15)8-10(11)12-4-2-1-3-7-16(12)13(17)18/h1,3,5-6,8,12H,2,4,7H2,(H,17,18). The molecule has 18 heavy (non-hydrogen) atoms. The molecular formula is C13H13BrClNO2. The van der Waals surface area contributed by atoms with E-state index < -0.39 is 6.09 Å². The summed E-state index contributed by atoms with van der Waals surface area (Å²) in [5, 5.41) is 9.92. The molecule has 1 atom stereocenters. The second kappa shape index (κ2) is 5.76. The number of hydrogen-bond donors (Lipinski definition) is 1. The van der Waals surface area contributed by atoms with Crippen molar-refractivity contribution in [1.29, 1.82) is 0 Å². The predicted octanol–water partition coefficient (Wildman–Crippen LogP) is 4.47. The molecule has 0 fully saturated rings. The smallest absolute Gasteiger partial charge is 0.408 e. The molecule has 1 aromatic rings. The van der Waals surface area contributed by atoms with Crippen LogP contribution in [0.25, 0.3) is 0 Å². The van der Waals surface area contributed by atoms with Crippen molar-refractivity contribution in [3.05, 3.63) is 45.4 Å². The van der Waals surface area contributed by atoms with Gasteiger partial charge in [0.2, 0.25) is 0 Å². The van der Waals surface area contributed by atoms with E-state index in [1.54, 1.807) is 6.07 Å². The van der Waals surface area contributed by atoms with Gasteiger partial charge in [-0.15, -0.1) is 0 Å². The molecule has 0 saturated heterocycles. The lowest BCUT2D eigenvalue weighted by atomic mass is 10.0. The molecule has 1 unspecified atom stereocenters. The van der Waals surface area contributed by atoms with E-state index in [9.17, 15) is 9.90 Å². The lowest BCUT2D eigenvalue weighted by Crippen LogP contribution is -2.33. The number of nitrogens with zero attached hydrogens (tertiary/aromatic N) is 1. The van der Waals surface area contributed by atoms with Crippen LogP contribution in [0.1, 0.15) is 24.4 Å². The van der Waals surface area contributed by atoms with E-state index in [2.05, 4.69) is 15.9 Å². The van der Waals surface area contributed by atoms with Gasteiger partial charge >= 0.3 is 6.09 Å². The molecule has 0 saturated carbocycles. The van der Waals surface area contributed by atoms with Gasteiger partial charge in [0.1, 0.15) is 0 Å². The molecule has 0 aromatic heterocycles. The van der Waals surface area contributed by atoms with Crippen molar-refractivity contribution < 1.29 is 9.90 Å². The molecule has 0 aliphatic carbocycles. The van der Waals surface area contributed by atoms with Gasteiger partial charge in [-0.05, 0) is 36.6 Å². The molecular weight excluding hydrogens is 318 g/mol. The second-order valence-corrected chi connectivity index (χ2v) is 5.46. The van der Waals surface area contributed by atoms with Gasteiger partial charge in [0.25, 0.3) is 0 Å². The third-order valence-electron chi connectivity index (χ3n) is 3.01. The molecule has 0 radical (unpaired) electrons. The molecule has 0 bridgehead atoms. The quantitative estimate of drug-likeness (QED) is 0.772. The van der Waals surface area contributed by atoms with Crippen molar-refractivity contribution in [3.63, 3.8) is 0 Å². The fraction of sp³-hybridized carbons (Fsp3) is 0.308. The van der Waals surface area contributed by atoms with Crippen molar-refractivity contribution >= 4 is 33.6 Å². The summed E-state index contributed by atoms with van der Waals surface area (Å²) in [6, 6.07) is 5.31. The highest BCUT2D eigenvalue weighted by Crippen LogP contribution is 2.34. The highest BCUT2D eigenvalue weighted by Gasteiger charge is 2.26. The number of halogens is 2. The van der Waals surface area contributed by atoms with E-state index in [1.165, 1.54) is 4.90 Å². The summed E-state index contributed by atoms with van der Waals surface area (Å²) in [6.45, 7) is 0.416.